The third kappa shape index (κ3) is 4.90. The van der Waals surface area contributed by atoms with Crippen LogP contribution in [-0.2, 0) is 27.4 Å². The number of aryl methyl sites for hydroxylation is 1. The molecule has 0 aliphatic carbocycles. The van der Waals surface area contributed by atoms with Gasteiger partial charge in [-0.25, -0.2) is 13.4 Å². The van der Waals surface area contributed by atoms with Crippen molar-refractivity contribution >= 4 is 38.9 Å². The molecular weight excluding hydrogens is 451 g/mol. The first-order valence-corrected chi connectivity index (χ1v) is 11.2. The molecule has 1 aromatic carbocycles. The Hall–Kier alpha value is -1.69. The van der Waals surface area contributed by atoms with E-state index < -0.39 is 31.7 Å². The molecule has 2 aromatic rings. The summed E-state index contributed by atoms with van der Waals surface area (Å²) in [4.78, 5) is 17.7. The molecule has 0 bridgehead atoms. The summed E-state index contributed by atoms with van der Waals surface area (Å²) in [6.07, 6.45) is -4.63. The second kappa shape index (κ2) is 8.21. The normalized spacial score (nSPS) is 16.2. The second-order valence-corrected chi connectivity index (χ2v) is 9.87. The number of sulfonamides is 1. The van der Waals surface area contributed by atoms with E-state index in [-0.39, 0.29) is 38.5 Å². The van der Waals surface area contributed by atoms with Crippen LogP contribution in [0.15, 0.2) is 28.5 Å². The summed E-state index contributed by atoms with van der Waals surface area (Å²) in [5, 5.41) is 2.08. The quantitative estimate of drug-likeness (QED) is 0.692. The maximum atomic E-state index is 13.0. The van der Waals surface area contributed by atoms with Crippen LogP contribution < -0.4 is 0 Å². The van der Waals surface area contributed by atoms with Crippen LogP contribution in [0.4, 0.5) is 13.2 Å². The molecule has 3 rings (SSSR count). The van der Waals surface area contributed by atoms with Crippen molar-refractivity contribution in [2.24, 2.45) is 0 Å². The van der Waals surface area contributed by atoms with Gasteiger partial charge in [0.05, 0.1) is 32.6 Å². The maximum Gasteiger partial charge on any atom is 0.417 e. The van der Waals surface area contributed by atoms with E-state index in [0.29, 0.717) is 11.8 Å². The van der Waals surface area contributed by atoms with Crippen LogP contribution in [0.3, 0.4) is 0 Å². The molecule has 1 aromatic heterocycles. The Bertz CT molecular complexity index is 1020. The number of nitrogens with zero attached hydrogens (tertiary/aromatic N) is 3. The fraction of sp³-hybridized carbons (Fsp3) is 0.412. The minimum Gasteiger partial charge on any atom is -0.340 e. The topological polar surface area (TPSA) is 70.6 Å². The van der Waals surface area contributed by atoms with Gasteiger partial charge < -0.3 is 4.90 Å². The molecule has 1 aliphatic rings. The molecule has 1 amide bonds. The summed E-state index contributed by atoms with van der Waals surface area (Å²) in [7, 11) is -4.14. The Morgan fingerprint density at radius 3 is 2.45 bits per heavy atom. The van der Waals surface area contributed by atoms with E-state index in [1.165, 1.54) is 16.2 Å². The Morgan fingerprint density at radius 1 is 1.24 bits per heavy atom. The Morgan fingerprint density at radius 2 is 1.90 bits per heavy atom. The molecule has 0 unspecified atom stereocenters. The molecule has 29 heavy (non-hydrogen) atoms. The molecule has 0 N–H and O–H groups in total. The molecule has 6 nitrogen and oxygen atoms in total. The Kier molecular flexibility index (Phi) is 6.23. The van der Waals surface area contributed by atoms with Crippen molar-refractivity contribution in [3.63, 3.8) is 0 Å². The fourth-order valence-electron chi connectivity index (χ4n) is 2.97. The predicted molar refractivity (Wildman–Crippen MR) is 102 cm³/mol. The third-order valence-corrected chi connectivity index (χ3v) is 7.52. The summed E-state index contributed by atoms with van der Waals surface area (Å²) >= 11 is 7.00. The lowest BCUT2D eigenvalue weighted by molar-refractivity contribution is -0.137. The SMILES string of the molecule is Cc1nc(CC(=O)N2CCN(S(=O)(=O)c3ccc(Cl)c(C(F)(F)F)c3)CC2)cs1. The first kappa shape index (κ1) is 22.0. The van der Waals surface area contributed by atoms with Gasteiger partial charge in [0.25, 0.3) is 0 Å². The zero-order valence-electron chi connectivity index (χ0n) is 15.2. The van der Waals surface area contributed by atoms with Crippen molar-refractivity contribution in [1.29, 1.82) is 0 Å². The number of hydrogen-bond donors (Lipinski definition) is 0. The number of alkyl halides is 3. The monoisotopic (exact) mass is 467 g/mol. The minimum absolute atomic E-state index is 0.00581. The molecule has 0 saturated carbocycles. The molecule has 1 fully saturated rings. The largest absolute Gasteiger partial charge is 0.417 e. The number of carbonyl (C=O) groups is 1. The highest BCUT2D eigenvalue weighted by atomic mass is 35.5. The molecule has 0 spiro atoms. The molecule has 2 heterocycles. The van der Waals surface area contributed by atoms with Crippen molar-refractivity contribution in [3.05, 3.63) is 44.9 Å². The van der Waals surface area contributed by atoms with Crippen LogP contribution in [0.25, 0.3) is 0 Å². The number of carbonyl (C=O) groups excluding carboxylic acids is 1. The van der Waals surface area contributed by atoms with Gasteiger partial charge in [0.1, 0.15) is 0 Å². The van der Waals surface area contributed by atoms with E-state index in [1.807, 2.05) is 6.92 Å². The van der Waals surface area contributed by atoms with Crippen molar-refractivity contribution in [1.82, 2.24) is 14.2 Å². The summed E-state index contributed by atoms with van der Waals surface area (Å²) < 4.78 is 65.7. The maximum absolute atomic E-state index is 13.0. The number of thiazole rings is 1. The van der Waals surface area contributed by atoms with Crippen LogP contribution >= 0.6 is 22.9 Å². The van der Waals surface area contributed by atoms with Gasteiger partial charge in [-0.2, -0.15) is 17.5 Å². The van der Waals surface area contributed by atoms with Crippen molar-refractivity contribution < 1.29 is 26.4 Å². The number of rotatable bonds is 4. The zero-order valence-corrected chi connectivity index (χ0v) is 17.6. The zero-order chi connectivity index (χ0) is 21.4. The third-order valence-electron chi connectivity index (χ3n) is 4.47. The summed E-state index contributed by atoms with van der Waals surface area (Å²) in [6.45, 7) is 2.13. The number of aromatic nitrogens is 1. The van der Waals surface area contributed by atoms with Crippen LogP contribution in [-0.4, -0.2) is 54.7 Å². The van der Waals surface area contributed by atoms with E-state index >= 15 is 0 Å². The molecule has 158 valence electrons. The standard InChI is InChI=1S/C17H17ClF3N3O3S2/c1-11-22-12(10-28-11)8-16(25)23-4-6-24(7-5-23)29(26,27)13-2-3-15(18)14(9-13)17(19,20)21/h2-3,9-10H,4-8H2,1H3. The van der Waals surface area contributed by atoms with E-state index in [2.05, 4.69) is 4.98 Å². The van der Waals surface area contributed by atoms with Gasteiger partial charge in [0.2, 0.25) is 15.9 Å². The van der Waals surface area contributed by atoms with Crippen molar-refractivity contribution in [2.75, 3.05) is 26.2 Å². The summed E-state index contributed by atoms with van der Waals surface area (Å²) in [5.74, 6) is -0.168. The summed E-state index contributed by atoms with van der Waals surface area (Å²) in [6, 6.07) is 2.52. The number of hydrogen-bond acceptors (Lipinski definition) is 5. The van der Waals surface area contributed by atoms with Crippen LogP contribution in [0.2, 0.25) is 5.02 Å². The minimum atomic E-state index is -4.76. The van der Waals surface area contributed by atoms with Crippen LogP contribution in [0, 0.1) is 6.92 Å². The van der Waals surface area contributed by atoms with E-state index in [4.69, 9.17) is 11.6 Å². The van der Waals surface area contributed by atoms with Gasteiger partial charge >= 0.3 is 6.18 Å². The van der Waals surface area contributed by atoms with E-state index in [9.17, 15) is 26.4 Å². The van der Waals surface area contributed by atoms with Gasteiger partial charge in [-0.3, -0.25) is 4.79 Å². The van der Waals surface area contributed by atoms with Gasteiger partial charge in [-0.15, -0.1) is 11.3 Å². The average molecular weight is 468 g/mol. The average Bonchev–Trinajstić information content (AvgIpc) is 3.05. The number of piperazine rings is 1. The molecule has 1 saturated heterocycles. The first-order chi connectivity index (χ1) is 13.5. The van der Waals surface area contributed by atoms with Gasteiger partial charge in [-0.05, 0) is 25.1 Å². The smallest absolute Gasteiger partial charge is 0.340 e. The van der Waals surface area contributed by atoms with Crippen molar-refractivity contribution in [2.45, 2.75) is 24.4 Å². The highest BCUT2D eigenvalue weighted by molar-refractivity contribution is 7.89. The predicted octanol–water partition coefficient (Wildman–Crippen LogP) is 3.20. The number of amides is 1. The molecular formula is C17H17ClF3N3O3S2. The van der Waals surface area contributed by atoms with Crippen LogP contribution in [0.5, 0.6) is 0 Å². The van der Waals surface area contributed by atoms with Crippen LogP contribution in [0.1, 0.15) is 16.3 Å². The van der Waals surface area contributed by atoms with E-state index in [0.717, 1.165) is 21.4 Å². The molecule has 0 atom stereocenters. The lowest BCUT2D eigenvalue weighted by atomic mass is 10.2. The van der Waals surface area contributed by atoms with E-state index in [1.54, 1.807) is 5.38 Å². The Labute approximate surface area is 175 Å². The van der Waals surface area contributed by atoms with Gasteiger partial charge in [0, 0.05) is 31.6 Å². The van der Waals surface area contributed by atoms with Gasteiger partial charge in [0.15, 0.2) is 0 Å². The fourth-order valence-corrected chi connectivity index (χ4v) is 5.25. The van der Waals surface area contributed by atoms with Gasteiger partial charge in [-0.1, -0.05) is 11.6 Å². The molecule has 1 aliphatic heterocycles. The number of halogens is 4. The molecule has 12 heteroatoms. The Balaban J connectivity index is 1.69. The second-order valence-electron chi connectivity index (χ2n) is 6.46. The lowest BCUT2D eigenvalue weighted by Crippen LogP contribution is -2.50. The highest BCUT2D eigenvalue weighted by Gasteiger charge is 2.36. The highest BCUT2D eigenvalue weighted by Crippen LogP contribution is 2.36. The number of benzene rings is 1. The lowest BCUT2D eigenvalue weighted by Gasteiger charge is -2.34. The summed E-state index contributed by atoms with van der Waals surface area (Å²) in [5.41, 5.74) is -0.541. The van der Waals surface area contributed by atoms with Crippen molar-refractivity contribution in [3.8, 4) is 0 Å². The first-order valence-electron chi connectivity index (χ1n) is 8.54. The molecule has 0 radical (unpaired) electrons.